The van der Waals surface area contributed by atoms with Crippen molar-refractivity contribution in [2.45, 2.75) is 6.42 Å². The van der Waals surface area contributed by atoms with Crippen LogP contribution in [-0.2, 0) is 9.59 Å². The summed E-state index contributed by atoms with van der Waals surface area (Å²) in [5, 5.41) is 3.80. The molecule has 0 unspecified atom stereocenters. The predicted molar refractivity (Wildman–Crippen MR) is 27.4 cm³/mol. The Morgan fingerprint density at radius 3 is 1.89 bits per heavy atom. The summed E-state index contributed by atoms with van der Waals surface area (Å²) in [7, 11) is 0. The molecule has 1 aliphatic rings. The van der Waals surface area contributed by atoms with Gasteiger partial charge in [-0.3, -0.25) is 20.2 Å². The second-order valence-electron chi connectivity index (χ2n) is 1.60. The zero-order chi connectivity index (χ0) is 6.85. The lowest BCUT2D eigenvalue weighted by atomic mass is 10.3. The standard InChI is InChI=1S/C4H4N2O3/c7-2-1-3(8)6-4(9)5-2/h1H2,(H2,5,6,7,8,9)/p+1. The van der Waals surface area contributed by atoms with Crippen molar-refractivity contribution in [2.75, 3.05) is 0 Å². The van der Waals surface area contributed by atoms with E-state index < -0.39 is 17.8 Å². The van der Waals surface area contributed by atoms with Crippen LogP contribution >= 0.6 is 0 Å². The fourth-order valence-electron chi connectivity index (χ4n) is 0.519. The first-order chi connectivity index (χ1) is 4.18. The maximum atomic E-state index is 10.3. The van der Waals surface area contributed by atoms with Crippen LogP contribution < -0.4 is 10.6 Å². The molecule has 48 valence electrons. The van der Waals surface area contributed by atoms with Crippen LogP contribution in [-0.4, -0.2) is 17.8 Å². The van der Waals surface area contributed by atoms with E-state index in [1.54, 1.807) is 0 Å². The van der Waals surface area contributed by atoms with Crippen LogP contribution in [0.4, 0.5) is 4.79 Å². The van der Waals surface area contributed by atoms with Crippen molar-refractivity contribution < 1.29 is 15.8 Å². The van der Waals surface area contributed by atoms with Gasteiger partial charge in [-0.25, -0.2) is 4.79 Å². The Morgan fingerprint density at radius 1 is 1.11 bits per heavy atom. The van der Waals surface area contributed by atoms with Gasteiger partial charge in [0.25, 0.3) is 0 Å². The zero-order valence-electron chi connectivity index (χ0n) is 5.43. The van der Waals surface area contributed by atoms with Gasteiger partial charge >= 0.3 is 7.46 Å². The van der Waals surface area contributed by atoms with Gasteiger partial charge < -0.3 is 0 Å². The lowest BCUT2D eigenvalue weighted by molar-refractivity contribution is -0.129. The Bertz CT molecular complexity index is 146. The summed E-state index contributed by atoms with van der Waals surface area (Å²) >= 11 is 0. The summed E-state index contributed by atoms with van der Waals surface area (Å²) in [6.45, 7) is 0. The Kier molecular flexibility index (Phi) is 1.18. The zero-order valence-corrected chi connectivity index (χ0v) is 4.43. The fourth-order valence-corrected chi connectivity index (χ4v) is 0.519. The summed E-state index contributed by atoms with van der Waals surface area (Å²) in [6, 6.07) is -0.740. The molecule has 2 N–H and O–H groups in total. The first-order valence-electron chi connectivity index (χ1n) is 2.32. The average Bonchev–Trinajstić information content (AvgIpc) is 1.59. The van der Waals surface area contributed by atoms with Crippen LogP contribution in [0.5, 0.6) is 0 Å². The largest absolute Gasteiger partial charge is 1.00 e. The molecule has 1 aliphatic heterocycles. The van der Waals surface area contributed by atoms with Crippen molar-refractivity contribution in [3.05, 3.63) is 0 Å². The third-order valence-electron chi connectivity index (χ3n) is 0.827. The number of nitrogens with one attached hydrogen (secondary N) is 2. The molecule has 1 rings (SSSR count). The predicted octanol–water partition coefficient (Wildman–Crippen LogP) is -1.15. The third-order valence-corrected chi connectivity index (χ3v) is 0.827. The highest BCUT2D eigenvalue weighted by Gasteiger charge is 2.20. The van der Waals surface area contributed by atoms with Gasteiger partial charge in [-0.15, -0.1) is 0 Å². The quantitative estimate of drug-likeness (QED) is 0.406. The molecular weight excluding hydrogens is 124 g/mol. The molecule has 1 fully saturated rings. The molecular formula is C4H5N2O3+. The summed E-state index contributed by atoms with van der Waals surface area (Å²) in [4.78, 5) is 30.8. The molecule has 1 heterocycles. The summed E-state index contributed by atoms with van der Waals surface area (Å²) < 4.78 is 0. The Labute approximate surface area is 51.9 Å². The van der Waals surface area contributed by atoms with E-state index in [-0.39, 0.29) is 7.85 Å². The molecule has 0 aromatic carbocycles. The number of rotatable bonds is 0. The number of carbonyl (C=O) groups excluding carboxylic acids is 3. The number of hydrogen-bond acceptors (Lipinski definition) is 3. The van der Waals surface area contributed by atoms with Crippen LogP contribution in [0.2, 0.25) is 0 Å². The molecule has 5 heteroatoms. The third kappa shape index (κ3) is 1.25. The number of imide groups is 2. The molecule has 0 spiro atoms. The highest BCUT2D eigenvalue weighted by atomic mass is 16.2. The molecule has 4 amide bonds. The minimum absolute atomic E-state index is 0. The fraction of sp³-hybridized carbons (Fsp3) is 0.250. The summed E-state index contributed by atoms with van der Waals surface area (Å²) in [6.07, 6.45) is -0.258. The number of hydrogen-bond donors (Lipinski definition) is 2. The second-order valence-corrected chi connectivity index (χ2v) is 1.60. The highest BCUT2D eigenvalue weighted by molar-refractivity contribution is 6.14. The monoisotopic (exact) mass is 129 g/mol. The van der Waals surface area contributed by atoms with Crippen molar-refractivity contribution in [1.29, 1.82) is 0 Å². The smallest absolute Gasteiger partial charge is 0.277 e. The molecule has 0 bridgehead atoms. The molecule has 9 heavy (non-hydrogen) atoms. The molecule has 0 aromatic rings. The van der Waals surface area contributed by atoms with E-state index in [9.17, 15) is 14.4 Å². The summed E-state index contributed by atoms with van der Waals surface area (Å²) in [5.41, 5.74) is 0. The Balaban J connectivity index is 0.000000810. The molecule has 5 nitrogen and oxygen atoms in total. The maximum Gasteiger partial charge on any atom is 1.00 e. The van der Waals surface area contributed by atoms with Gasteiger partial charge in [-0.05, 0) is 0 Å². The van der Waals surface area contributed by atoms with Crippen LogP contribution in [0, 0.1) is 0 Å². The molecule has 0 saturated carbocycles. The van der Waals surface area contributed by atoms with Gasteiger partial charge in [-0.1, -0.05) is 0 Å². The van der Waals surface area contributed by atoms with E-state index in [1.165, 1.54) is 0 Å². The summed E-state index contributed by atoms with van der Waals surface area (Å²) in [5.74, 6) is -1.10. The average molecular weight is 129 g/mol. The van der Waals surface area contributed by atoms with Gasteiger partial charge in [0.2, 0.25) is 11.8 Å². The van der Waals surface area contributed by atoms with Gasteiger partial charge in [-0.2, -0.15) is 0 Å². The lowest BCUT2D eigenvalue weighted by Crippen LogP contribution is -2.49. The Morgan fingerprint density at radius 2 is 1.56 bits per heavy atom. The molecule has 0 aliphatic carbocycles. The molecule has 0 aromatic heterocycles. The first kappa shape index (κ1) is 5.74. The number of urea groups is 1. The van der Waals surface area contributed by atoms with Gasteiger partial charge in [0, 0.05) is 0 Å². The van der Waals surface area contributed by atoms with E-state index in [4.69, 9.17) is 0 Å². The van der Waals surface area contributed by atoms with Crippen LogP contribution in [0.3, 0.4) is 0 Å². The van der Waals surface area contributed by atoms with E-state index in [2.05, 4.69) is 0 Å². The Hall–Kier alpha value is -1.39. The molecule has 1 saturated heterocycles. The van der Waals surface area contributed by atoms with Gasteiger partial charge in [0.1, 0.15) is 6.42 Å². The van der Waals surface area contributed by atoms with Crippen molar-refractivity contribution in [2.24, 2.45) is 0 Å². The number of carbonyl (C=O) groups is 3. The van der Waals surface area contributed by atoms with E-state index >= 15 is 0 Å². The number of amides is 4. The van der Waals surface area contributed by atoms with E-state index in [1.807, 2.05) is 10.6 Å². The SMILES string of the molecule is O=C1CC(=O)NC(=O)N1.[H+]. The van der Waals surface area contributed by atoms with Gasteiger partial charge in [0.15, 0.2) is 0 Å². The highest BCUT2D eigenvalue weighted by Crippen LogP contribution is 1.85. The van der Waals surface area contributed by atoms with E-state index in [0.29, 0.717) is 0 Å². The minimum atomic E-state index is -0.740. The molecule has 0 radical (unpaired) electrons. The van der Waals surface area contributed by atoms with Crippen molar-refractivity contribution in [3.63, 3.8) is 0 Å². The lowest BCUT2D eigenvalue weighted by Gasteiger charge is -2.09. The second kappa shape index (κ2) is 1.85. The van der Waals surface area contributed by atoms with Crippen molar-refractivity contribution in [1.82, 2.24) is 10.6 Å². The van der Waals surface area contributed by atoms with Crippen LogP contribution in [0.1, 0.15) is 7.85 Å². The maximum absolute atomic E-state index is 10.3. The minimum Gasteiger partial charge on any atom is -0.277 e. The van der Waals surface area contributed by atoms with Crippen molar-refractivity contribution in [3.8, 4) is 0 Å². The normalized spacial score (nSPS) is 18.9. The van der Waals surface area contributed by atoms with Crippen LogP contribution in [0.25, 0.3) is 0 Å². The number of barbiturate groups is 1. The topological polar surface area (TPSA) is 75.3 Å². The van der Waals surface area contributed by atoms with Crippen LogP contribution in [0.15, 0.2) is 0 Å². The molecule has 0 atom stereocenters. The van der Waals surface area contributed by atoms with Crippen molar-refractivity contribution >= 4 is 17.8 Å². The first-order valence-corrected chi connectivity index (χ1v) is 2.32. The van der Waals surface area contributed by atoms with E-state index in [0.717, 1.165) is 0 Å². The van der Waals surface area contributed by atoms with Gasteiger partial charge in [0.05, 0.1) is 0 Å².